The van der Waals surface area contributed by atoms with Gasteiger partial charge in [0.1, 0.15) is 0 Å². The second kappa shape index (κ2) is 8.90. The van der Waals surface area contributed by atoms with Crippen LogP contribution in [0.1, 0.15) is 26.8 Å². The van der Waals surface area contributed by atoms with Gasteiger partial charge in [0.25, 0.3) is 0 Å². The minimum Gasteiger partial charge on any atom is -0.344 e. The van der Waals surface area contributed by atoms with Gasteiger partial charge in [0.15, 0.2) is 11.6 Å². The molecule has 0 saturated carbocycles. The van der Waals surface area contributed by atoms with Gasteiger partial charge in [0.2, 0.25) is 0 Å². The van der Waals surface area contributed by atoms with Crippen LogP contribution in [0.5, 0.6) is 0 Å². The molecule has 1 aromatic rings. The minimum absolute atomic E-state index is 0. The first-order valence-corrected chi connectivity index (χ1v) is 6.52. The highest BCUT2D eigenvalue weighted by molar-refractivity contribution is 5.42. The third-order valence-corrected chi connectivity index (χ3v) is 2.78. The number of benzene rings is 1. The van der Waals surface area contributed by atoms with E-state index in [0.29, 0.717) is 12.1 Å². The van der Waals surface area contributed by atoms with Crippen molar-refractivity contribution in [3.63, 3.8) is 0 Å². The molecule has 21 heavy (non-hydrogen) atoms. The Morgan fingerprint density at radius 1 is 1.19 bits per heavy atom. The van der Waals surface area contributed by atoms with Crippen molar-refractivity contribution in [2.45, 2.75) is 27.8 Å². The number of halogens is 2. The van der Waals surface area contributed by atoms with Crippen molar-refractivity contribution >= 4 is 0 Å². The molecule has 1 aliphatic rings. The highest BCUT2D eigenvalue weighted by Gasteiger charge is 2.12. The summed E-state index contributed by atoms with van der Waals surface area (Å²) in [5.41, 5.74) is 2.39. The van der Waals surface area contributed by atoms with Gasteiger partial charge in [0.05, 0.1) is 0 Å². The van der Waals surface area contributed by atoms with Crippen LogP contribution in [0.4, 0.5) is 8.78 Å². The maximum Gasteiger partial charge on any atom is 0.159 e. The van der Waals surface area contributed by atoms with Gasteiger partial charge >= 0.3 is 0 Å². The summed E-state index contributed by atoms with van der Waals surface area (Å²) in [7, 11) is 0. The summed E-state index contributed by atoms with van der Waals surface area (Å²) < 4.78 is 25.9. The minimum atomic E-state index is -0.835. The van der Waals surface area contributed by atoms with Crippen LogP contribution < -0.4 is 0 Å². The second-order valence-electron chi connectivity index (χ2n) is 3.99. The Balaban J connectivity index is 0.00000128. The predicted octanol–water partition coefficient (Wildman–Crippen LogP) is 5.58. The van der Waals surface area contributed by atoms with Gasteiger partial charge in [0, 0.05) is 18.4 Å². The van der Waals surface area contributed by atoms with Crippen molar-refractivity contribution in [3.05, 3.63) is 84.3 Å². The average molecular weight is 291 g/mol. The van der Waals surface area contributed by atoms with Crippen molar-refractivity contribution in [1.29, 1.82) is 0 Å². The van der Waals surface area contributed by atoms with E-state index in [-0.39, 0.29) is 7.43 Å². The molecule has 0 N–H and O–H groups in total. The van der Waals surface area contributed by atoms with E-state index in [0.717, 1.165) is 17.3 Å². The van der Waals surface area contributed by atoms with E-state index in [9.17, 15) is 8.78 Å². The molecule has 1 aliphatic heterocycles. The van der Waals surface area contributed by atoms with E-state index in [2.05, 4.69) is 13.2 Å². The number of rotatable bonds is 3. The molecule has 0 saturated heterocycles. The Kier molecular flexibility index (Phi) is 7.99. The lowest BCUT2D eigenvalue weighted by molar-refractivity contribution is 0.460. The zero-order valence-corrected chi connectivity index (χ0v) is 11.9. The third kappa shape index (κ3) is 4.71. The fourth-order valence-corrected chi connectivity index (χ4v) is 1.77. The molecular weight excluding hydrogens is 268 g/mol. The number of hydrogen-bond donors (Lipinski definition) is 0. The molecule has 0 spiro atoms. The van der Waals surface area contributed by atoms with E-state index in [1.807, 2.05) is 37.1 Å². The molecule has 0 amide bonds. The Hall–Kier alpha value is -2.16. The number of allylic oxidation sites excluding steroid dienone is 3. The van der Waals surface area contributed by atoms with E-state index in [4.69, 9.17) is 0 Å². The normalized spacial score (nSPS) is 12.9. The van der Waals surface area contributed by atoms with E-state index in [1.165, 1.54) is 6.07 Å². The van der Waals surface area contributed by atoms with Gasteiger partial charge in [-0.15, -0.1) is 0 Å². The lowest BCUT2D eigenvalue weighted by Gasteiger charge is -2.26. The van der Waals surface area contributed by atoms with Gasteiger partial charge < -0.3 is 4.90 Å². The summed E-state index contributed by atoms with van der Waals surface area (Å²) in [6.45, 7) is 12.1. The third-order valence-electron chi connectivity index (χ3n) is 2.78. The summed E-state index contributed by atoms with van der Waals surface area (Å²) >= 11 is 0. The first-order chi connectivity index (χ1) is 9.61. The molecular formula is C18H23F2N. The number of hydrogen-bond acceptors (Lipinski definition) is 1. The highest BCUT2D eigenvalue weighted by atomic mass is 19.2. The van der Waals surface area contributed by atoms with Crippen LogP contribution >= 0.6 is 0 Å². The monoisotopic (exact) mass is 291 g/mol. The zero-order chi connectivity index (χ0) is 15.1. The molecule has 0 unspecified atom stereocenters. The van der Waals surface area contributed by atoms with Crippen LogP contribution in [-0.4, -0.2) is 4.90 Å². The van der Waals surface area contributed by atoms with Crippen LogP contribution in [0.15, 0.2) is 67.1 Å². The van der Waals surface area contributed by atoms with E-state index in [1.54, 1.807) is 12.1 Å². The summed E-state index contributed by atoms with van der Waals surface area (Å²) in [6, 6.07) is 3.89. The zero-order valence-electron chi connectivity index (χ0n) is 11.9. The lowest BCUT2D eigenvalue weighted by Crippen LogP contribution is -2.18. The molecule has 1 aromatic carbocycles. The summed E-state index contributed by atoms with van der Waals surface area (Å²) in [6.07, 6.45) is 7.32. The fraction of sp³-hybridized carbons (Fsp3) is 0.222. The summed E-state index contributed by atoms with van der Waals surface area (Å²) in [5.74, 6) is -1.67. The van der Waals surface area contributed by atoms with Crippen molar-refractivity contribution < 1.29 is 8.78 Å². The van der Waals surface area contributed by atoms with Crippen molar-refractivity contribution in [2.75, 3.05) is 0 Å². The molecule has 0 fully saturated rings. The fourth-order valence-electron chi connectivity index (χ4n) is 1.77. The first-order valence-electron chi connectivity index (χ1n) is 6.52. The Labute approximate surface area is 126 Å². The van der Waals surface area contributed by atoms with Crippen LogP contribution in [0, 0.1) is 11.6 Å². The van der Waals surface area contributed by atoms with Crippen LogP contribution in [0.3, 0.4) is 0 Å². The second-order valence-corrected chi connectivity index (χ2v) is 3.99. The SMILES string of the molecule is C.C=CC1=CC=CN(Cc2ccc(F)c(F)c2)C1=C.CC. The summed E-state index contributed by atoms with van der Waals surface area (Å²) in [5, 5.41) is 0. The molecule has 0 radical (unpaired) electrons. The topological polar surface area (TPSA) is 3.24 Å². The molecule has 1 heterocycles. The Bertz CT molecular complexity index is 556. The Morgan fingerprint density at radius 3 is 2.43 bits per heavy atom. The van der Waals surface area contributed by atoms with E-state index < -0.39 is 11.6 Å². The maximum atomic E-state index is 13.1. The Morgan fingerprint density at radius 2 is 1.86 bits per heavy atom. The molecule has 0 aromatic heterocycles. The van der Waals surface area contributed by atoms with Gasteiger partial charge in [-0.2, -0.15) is 0 Å². The molecule has 0 aliphatic carbocycles. The van der Waals surface area contributed by atoms with Crippen LogP contribution in [-0.2, 0) is 6.54 Å². The quantitative estimate of drug-likeness (QED) is 0.702. The van der Waals surface area contributed by atoms with Crippen molar-refractivity contribution in [2.24, 2.45) is 0 Å². The maximum absolute atomic E-state index is 13.1. The van der Waals surface area contributed by atoms with Gasteiger partial charge in [-0.25, -0.2) is 8.78 Å². The molecule has 1 nitrogen and oxygen atoms in total. The molecule has 114 valence electrons. The van der Waals surface area contributed by atoms with Gasteiger partial charge in [-0.05, 0) is 29.3 Å². The summed E-state index contributed by atoms with van der Waals surface area (Å²) in [4.78, 5) is 1.86. The number of nitrogens with zero attached hydrogens (tertiary/aromatic N) is 1. The molecule has 0 bridgehead atoms. The molecule has 2 rings (SSSR count). The standard InChI is InChI=1S/C15H13F2N.C2H6.CH4/c1-3-13-5-4-8-18(11(13)2)10-12-6-7-14(16)15(17)9-12;1-2;/h3-9H,1-2,10H2;1-2H3;1H4. The van der Waals surface area contributed by atoms with Crippen LogP contribution in [0.2, 0.25) is 0 Å². The van der Waals surface area contributed by atoms with Gasteiger partial charge in [-0.3, -0.25) is 0 Å². The molecule has 0 atom stereocenters. The van der Waals surface area contributed by atoms with Gasteiger partial charge in [-0.1, -0.05) is 52.7 Å². The van der Waals surface area contributed by atoms with E-state index >= 15 is 0 Å². The smallest absolute Gasteiger partial charge is 0.159 e. The van der Waals surface area contributed by atoms with Crippen molar-refractivity contribution in [1.82, 2.24) is 4.90 Å². The largest absolute Gasteiger partial charge is 0.344 e. The predicted molar refractivity (Wildman–Crippen MR) is 86.5 cm³/mol. The van der Waals surface area contributed by atoms with Crippen LogP contribution in [0.25, 0.3) is 0 Å². The average Bonchev–Trinajstić information content (AvgIpc) is 2.47. The highest BCUT2D eigenvalue weighted by Crippen LogP contribution is 2.22. The molecule has 3 heteroatoms. The lowest BCUT2D eigenvalue weighted by atomic mass is 10.1. The van der Waals surface area contributed by atoms with Crippen molar-refractivity contribution in [3.8, 4) is 0 Å². The first kappa shape index (κ1) is 18.8.